The maximum Gasteiger partial charge on any atom is 0.246 e. The number of carbonyl (C=O) groups is 1. The third kappa shape index (κ3) is 5.07. The van der Waals surface area contributed by atoms with Gasteiger partial charge in [0.15, 0.2) is 0 Å². The highest BCUT2D eigenvalue weighted by molar-refractivity contribution is 6.03. The van der Waals surface area contributed by atoms with Crippen LogP contribution in [-0.2, 0) is 24.2 Å². The number of pyridine rings is 1. The van der Waals surface area contributed by atoms with Crippen LogP contribution in [0.1, 0.15) is 31.3 Å². The molecule has 0 bridgehead atoms. The van der Waals surface area contributed by atoms with Crippen molar-refractivity contribution in [1.82, 2.24) is 14.8 Å². The topological polar surface area (TPSA) is 72.3 Å². The molecule has 1 amide bonds. The van der Waals surface area contributed by atoms with Crippen LogP contribution in [0.25, 0.3) is 0 Å². The number of carbonyl (C=O) groups excluding carboxylic acids is 1. The highest BCUT2D eigenvalue weighted by Crippen LogP contribution is 2.33. The Hall–Kier alpha value is -3.42. The number of benzene rings is 1. The Bertz CT molecular complexity index is 1080. The molecule has 3 aromatic rings. The number of likely N-dealkylation sites (N-methyl/N-ethyl adjacent to an activating group) is 1. The van der Waals surface area contributed by atoms with Gasteiger partial charge in [0.25, 0.3) is 0 Å². The van der Waals surface area contributed by atoms with E-state index in [1.165, 1.54) is 12.1 Å². The summed E-state index contributed by atoms with van der Waals surface area (Å²) in [6.07, 6.45) is 5.46. The summed E-state index contributed by atoms with van der Waals surface area (Å²) < 4.78 is 20.4. The largest absolute Gasteiger partial charge is 0.492 e. The minimum atomic E-state index is -0.279. The number of hydrogen-bond acceptors (Lipinski definition) is 5. The molecule has 0 aliphatic carbocycles. The summed E-state index contributed by atoms with van der Waals surface area (Å²) in [6.45, 7) is 4.87. The first-order valence-electron chi connectivity index (χ1n) is 10.3. The molecular weight excluding hydrogens is 409 g/mol. The van der Waals surface area contributed by atoms with Crippen LogP contribution in [0.4, 0.5) is 15.8 Å². The number of rotatable bonds is 7. The van der Waals surface area contributed by atoms with E-state index in [2.05, 4.69) is 21.5 Å². The number of aromatic nitrogens is 3. The Balaban J connectivity index is 0.00000289. The molecule has 4 rings (SSSR count). The molecule has 1 aliphatic rings. The SMILES string of the molecule is C.Cc1nc(CCc2cnn(CCOc3ccc(F)cc3)c2)cc2c1NC(=O)[C@H](C)N2C. The first-order valence-corrected chi connectivity index (χ1v) is 10.3. The Morgan fingerprint density at radius 3 is 2.72 bits per heavy atom. The number of anilines is 2. The molecule has 0 unspecified atom stereocenters. The number of nitrogens with one attached hydrogen (secondary N) is 1. The molecule has 7 nitrogen and oxygen atoms in total. The lowest BCUT2D eigenvalue weighted by Gasteiger charge is -2.34. The van der Waals surface area contributed by atoms with Crippen LogP contribution in [-0.4, -0.2) is 40.4 Å². The third-order valence-electron chi connectivity index (χ3n) is 5.58. The smallest absolute Gasteiger partial charge is 0.246 e. The minimum Gasteiger partial charge on any atom is -0.492 e. The van der Waals surface area contributed by atoms with E-state index in [1.54, 1.807) is 12.1 Å². The molecule has 0 fully saturated rings. The first kappa shape index (κ1) is 23.2. The summed E-state index contributed by atoms with van der Waals surface area (Å²) in [5.41, 5.74) is 4.73. The first-order chi connectivity index (χ1) is 14.9. The highest BCUT2D eigenvalue weighted by Gasteiger charge is 2.28. The van der Waals surface area contributed by atoms with E-state index in [4.69, 9.17) is 4.74 Å². The predicted octanol–water partition coefficient (Wildman–Crippen LogP) is 4.00. The van der Waals surface area contributed by atoms with Gasteiger partial charge in [0.05, 0.1) is 29.8 Å². The van der Waals surface area contributed by atoms with E-state index in [0.29, 0.717) is 18.9 Å². The van der Waals surface area contributed by atoms with E-state index >= 15 is 0 Å². The van der Waals surface area contributed by atoms with Crippen LogP contribution in [0, 0.1) is 12.7 Å². The van der Waals surface area contributed by atoms with Gasteiger partial charge in [-0.1, -0.05) is 7.43 Å². The fourth-order valence-corrected chi connectivity index (χ4v) is 3.61. The van der Waals surface area contributed by atoms with Gasteiger partial charge in [0, 0.05) is 18.9 Å². The van der Waals surface area contributed by atoms with Crippen LogP contribution in [0.2, 0.25) is 0 Å². The summed E-state index contributed by atoms with van der Waals surface area (Å²) in [5.74, 6) is 0.347. The summed E-state index contributed by atoms with van der Waals surface area (Å²) in [7, 11) is 1.93. The van der Waals surface area contributed by atoms with Crippen molar-refractivity contribution in [2.75, 3.05) is 23.9 Å². The lowest BCUT2D eigenvalue weighted by molar-refractivity contribution is -0.117. The quantitative estimate of drug-likeness (QED) is 0.602. The summed E-state index contributed by atoms with van der Waals surface area (Å²) in [4.78, 5) is 18.7. The number of fused-ring (bicyclic) bond motifs is 1. The van der Waals surface area contributed by atoms with Gasteiger partial charge in [-0.05, 0) is 62.6 Å². The number of aryl methyl sites for hydroxylation is 3. The number of ether oxygens (including phenoxy) is 1. The Kier molecular flexibility index (Phi) is 7.12. The zero-order valence-electron chi connectivity index (χ0n) is 17.9. The standard InChI is InChI=1S/C23H26FN5O2.CH4/c1-15-22-21(28(3)16(2)23(30)27-22)12-19(26-15)7-4-17-13-25-29(14-17)10-11-31-20-8-5-18(24)6-9-20;/h5-6,8-9,12-14,16H,4,7,10-11H2,1-3H3,(H,27,30);1H4/t16-;/m0./s1. The van der Waals surface area contributed by atoms with E-state index in [9.17, 15) is 9.18 Å². The van der Waals surface area contributed by atoms with Crippen molar-refractivity contribution in [2.45, 2.75) is 46.7 Å². The van der Waals surface area contributed by atoms with Gasteiger partial charge in [0.2, 0.25) is 5.91 Å². The Labute approximate surface area is 188 Å². The molecule has 8 heteroatoms. The number of amides is 1. The Morgan fingerprint density at radius 1 is 1.22 bits per heavy atom. The van der Waals surface area contributed by atoms with Crippen molar-refractivity contribution in [3.05, 3.63) is 65.5 Å². The fourth-order valence-electron chi connectivity index (χ4n) is 3.61. The highest BCUT2D eigenvalue weighted by atomic mass is 19.1. The number of halogens is 1. The van der Waals surface area contributed by atoms with Crippen LogP contribution in [0.5, 0.6) is 5.75 Å². The minimum absolute atomic E-state index is 0. The molecule has 0 spiro atoms. The van der Waals surface area contributed by atoms with Crippen molar-refractivity contribution in [2.24, 2.45) is 0 Å². The molecule has 1 N–H and O–H groups in total. The Morgan fingerprint density at radius 2 is 1.97 bits per heavy atom. The molecule has 3 heterocycles. The second kappa shape index (κ2) is 9.80. The molecular formula is C24H30FN5O2. The van der Waals surface area contributed by atoms with E-state index in [-0.39, 0.29) is 25.2 Å². The van der Waals surface area contributed by atoms with Gasteiger partial charge in [0.1, 0.15) is 24.2 Å². The molecule has 0 saturated heterocycles. The number of nitrogens with zero attached hydrogens (tertiary/aromatic N) is 4. The van der Waals surface area contributed by atoms with E-state index in [0.717, 1.165) is 41.2 Å². The average molecular weight is 440 g/mol. The predicted molar refractivity (Wildman–Crippen MR) is 124 cm³/mol. The third-order valence-corrected chi connectivity index (χ3v) is 5.58. The van der Waals surface area contributed by atoms with Crippen LogP contribution in [0.3, 0.4) is 0 Å². The fraction of sp³-hybridized carbons (Fsp3) is 0.375. The van der Waals surface area contributed by atoms with Crippen molar-refractivity contribution in [3.8, 4) is 5.75 Å². The molecule has 2 aromatic heterocycles. The van der Waals surface area contributed by atoms with Crippen molar-refractivity contribution >= 4 is 17.3 Å². The van der Waals surface area contributed by atoms with Gasteiger partial charge in [-0.25, -0.2) is 4.39 Å². The van der Waals surface area contributed by atoms with E-state index < -0.39 is 0 Å². The average Bonchev–Trinajstić information content (AvgIpc) is 3.21. The molecule has 1 aromatic carbocycles. The van der Waals surface area contributed by atoms with Crippen LogP contribution in [0.15, 0.2) is 42.7 Å². The van der Waals surface area contributed by atoms with Crippen LogP contribution >= 0.6 is 0 Å². The lowest BCUT2D eigenvalue weighted by atomic mass is 10.1. The second-order valence-electron chi connectivity index (χ2n) is 7.78. The zero-order chi connectivity index (χ0) is 22.0. The molecule has 170 valence electrons. The van der Waals surface area contributed by atoms with Gasteiger partial charge in [-0.2, -0.15) is 5.10 Å². The molecule has 0 saturated carbocycles. The summed E-state index contributed by atoms with van der Waals surface area (Å²) in [6, 6.07) is 7.83. The van der Waals surface area contributed by atoms with Crippen LogP contribution < -0.4 is 15.0 Å². The summed E-state index contributed by atoms with van der Waals surface area (Å²) in [5, 5.41) is 7.35. The maximum atomic E-state index is 12.9. The molecule has 1 aliphatic heterocycles. The maximum absolute atomic E-state index is 12.9. The molecule has 1 atom stereocenters. The van der Waals surface area contributed by atoms with E-state index in [1.807, 2.05) is 42.9 Å². The normalized spacial score (nSPS) is 15.1. The second-order valence-corrected chi connectivity index (χ2v) is 7.78. The van der Waals surface area contributed by atoms with Gasteiger partial charge in [-0.15, -0.1) is 0 Å². The number of hydrogen-bond donors (Lipinski definition) is 1. The van der Waals surface area contributed by atoms with Crippen molar-refractivity contribution in [3.63, 3.8) is 0 Å². The monoisotopic (exact) mass is 439 g/mol. The zero-order valence-corrected chi connectivity index (χ0v) is 17.9. The van der Waals surface area contributed by atoms with Crippen molar-refractivity contribution < 1.29 is 13.9 Å². The van der Waals surface area contributed by atoms with Gasteiger partial charge in [-0.3, -0.25) is 14.5 Å². The molecule has 32 heavy (non-hydrogen) atoms. The lowest BCUT2D eigenvalue weighted by Crippen LogP contribution is -2.44. The van der Waals surface area contributed by atoms with Crippen molar-refractivity contribution in [1.29, 1.82) is 0 Å². The van der Waals surface area contributed by atoms with Gasteiger partial charge >= 0.3 is 0 Å². The molecule has 0 radical (unpaired) electrons. The van der Waals surface area contributed by atoms with Gasteiger partial charge < -0.3 is 15.0 Å². The summed E-state index contributed by atoms with van der Waals surface area (Å²) >= 11 is 0.